The van der Waals surface area contributed by atoms with Crippen LogP contribution in [-0.4, -0.2) is 11.6 Å². The van der Waals surface area contributed by atoms with Gasteiger partial charge in [-0.3, -0.25) is 9.59 Å². The van der Waals surface area contributed by atoms with E-state index in [0.29, 0.717) is 12.8 Å². The van der Waals surface area contributed by atoms with Crippen LogP contribution in [0.4, 0.5) is 0 Å². The predicted octanol–water partition coefficient (Wildman–Crippen LogP) is -1.16. The first-order valence-corrected chi connectivity index (χ1v) is 9.39. The molecule has 148 valence electrons. The lowest BCUT2D eigenvalue weighted by atomic mass is 9.78. The van der Waals surface area contributed by atoms with Crippen molar-refractivity contribution in [2.24, 2.45) is 10.8 Å². The van der Waals surface area contributed by atoms with E-state index in [4.69, 9.17) is 18.6 Å². The van der Waals surface area contributed by atoms with Crippen LogP contribution in [0.1, 0.15) is 65.9 Å². The van der Waals surface area contributed by atoms with Crippen LogP contribution in [0.3, 0.4) is 0 Å². The van der Waals surface area contributed by atoms with Gasteiger partial charge < -0.3 is 0 Å². The molecule has 0 aromatic carbocycles. The monoisotopic (exact) mass is 389 g/mol. The van der Waals surface area contributed by atoms with Crippen molar-refractivity contribution in [1.82, 2.24) is 0 Å². The Balaban J connectivity index is 0.00000110. The first-order chi connectivity index (χ1) is 11.5. The van der Waals surface area contributed by atoms with Crippen LogP contribution in [0, 0.1) is 21.1 Å². The van der Waals surface area contributed by atoms with Crippen LogP contribution in [0.15, 0.2) is 24.5 Å². The highest BCUT2D eigenvalue weighted by atomic mass is 35.7. The summed E-state index contributed by atoms with van der Waals surface area (Å²) in [7, 11) is -4.94. The minimum atomic E-state index is -4.94. The van der Waals surface area contributed by atoms with Crippen molar-refractivity contribution in [2.75, 3.05) is 0 Å². The number of pyridine rings is 1. The Morgan fingerprint density at radius 1 is 0.962 bits per heavy atom. The molecule has 0 unspecified atom stereocenters. The lowest BCUT2D eigenvalue weighted by Crippen LogP contribution is -2.68. The van der Waals surface area contributed by atoms with Gasteiger partial charge in [0, 0.05) is 41.2 Å². The minimum Gasteiger partial charge on any atom is -0.299 e. The number of carbonyl (C=O) groups excluding carboxylic acids is 2. The number of aromatic amines is 1. The Kier molecular flexibility index (Phi) is 9.02. The maximum Gasteiger partial charge on any atom is 0.170 e. The molecule has 1 aromatic heterocycles. The quantitative estimate of drug-likeness (QED) is 0.621. The van der Waals surface area contributed by atoms with Gasteiger partial charge in [-0.25, -0.2) is 23.6 Å². The Bertz CT molecular complexity index is 550. The SMILES string of the molecule is CC(C)(C)C(=O)CC(CC(=O)C(C)(C)C)c1ccc[nH+]c1.[O-][Cl+3]([O-])([O-])[O-]. The smallest absolute Gasteiger partial charge is 0.170 e. The van der Waals surface area contributed by atoms with Crippen LogP contribution in [0.2, 0.25) is 0 Å². The molecule has 0 aliphatic carbocycles. The van der Waals surface area contributed by atoms with Crippen molar-refractivity contribution >= 4 is 11.6 Å². The zero-order valence-electron chi connectivity index (χ0n) is 16.1. The molecular formula is C18H28ClNO6. The molecule has 0 atom stereocenters. The van der Waals surface area contributed by atoms with E-state index in [1.165, 1.54) is 0 Å². The van der Waals surface area contributed by atoms with Gasteiger partial charge in [0.1, 0.15) is 11.6 Å². The third-order valence-corrected chi connectivity index (χ3v) is 3.74. The average molecular weight is 390 g/mol. The third kappa shape index (κ3) is 11.3. The Morgan fingerprint density at radius 3 is 1.62 bits per heavy atom. The number of carbonyl (C=O) groups is 2. The molecule has 0 saturated carbocycles. The van der Waals surface area contributed by atoms with Crippen molar-refractivity contribution in [1.29, 1.82) is 0 Å². The van der Waals surface area contributed by atoms with Crippen LogP contribution >= 0.6 is 0 Å². The number of Topliss-reactive ketones (excluding diaryl/α,β-unsaturated/α-hetero) is 2. The van der Waals surface area contributed by atoms with E-state index in [0.717, 1.165) is 5.56 Å². The summed E-state index contributed by atoms with van der Waals surface area (Å²) in [6.07, 6.45) is 4.53. The molecule has 0 fully saturated rings. The molecule has 1 rings (SSSR count). The molecule has 0 amide bonds. The van der Waals surface area contributed by atoms with Crippen molar-refractivity contribution in [3.8, 4) is 0 Å². The zero-order valence-corrected chi connectivity index (χ0v) is 16.9. The summed E-state index contributed by atoms with van der Waals surface area (Å²) < 4.78 is 34.0. The number of halogens is 1. The molecule has 0 aliphatic heterocycles. The molecule has 26 heavy (non-hydrogen) atoms. The molecular weight excluding hydrogens is 362 g/mol. The van der Waals surface area contributed by atoms with E-state index < -0.39 is 10.2 Å². The molecule has 1 N–H and O–H groups in total. The predicted molar refractivity (Wildman–Crippen MR) is 83.9 cm³/mol. The van der Waals surface area contributed by atoms with Gasteiger partial charge in [0.15, 0.2) is 12.4 Å². The summed E-state index contributed by atoms with van der Waals surface area (Å²) in [5.74, 6) is 0.331. The van der Waals surface area contributed by atoms with E-state index in [2.05, 4.69) is 4.98 Å². The van der Waals surface area contributed by atoms with Gasteiger partial charge in [-0.2, -0.15) is 0 Å². The van der Waals surface area contributed by atoms with E-state index in [-0.39, 0.29) is 28.3 Å². The average Bonchev–Trinajstić information content (AvgIpc) is 2.43. The van der Waals surface area contributed by atoms with E-state index in [1.54, 1.807) is 0 Å². The minimum absolute atomic E-state index is 0.0547. The standard InChI is InChI=1S/C18H27NO2.ClHO4/c1-17(2,3)15(20)10-14(11-16(21)18(4,5)6)13-8-7-9-19-12-13;2-1(3,4)5/h7-9,12,14H,10-11H2,1-6H3;(H,2,3,4,5). The number of nitrogens with one attached hydrogen (secondary N) is 1. The maximum absolute atomic E-state index is 12.4. The van der Waals surface area contributed by atoms with Crippen LogP contribution in [0.5, 0.6) is 0 Å². The van der Waals surface area contributed by atoms with Crippen LogP contribution < -0.4 is 23.6 Å². The lowest BCUT2D eigenvalue weighted by molar-refractivity contribution is -2.00. The number of hydrogen-bond donors (Lipinski definition) is 0. The molecule has 0 saturated heterocycles. The highest BCUT2D eigenvalue weighted by molar-refractivity contribution is 5.87. The van der Waals surface area contributed by atoms with Gasteiger partial charge in [0.2, 0.25) is 0 Å². The summed E-state index contributed by atoms with van der Waals surface area (Å²) in [5, 5.41) is 0. The molecule has 0 spiro atoms. The molecule has 1 aromatic rings. The lowest BCUT2D eigenvalue weighted by Gasteiger charge is -2.24. The Labute approximate surface area is 156 Å². The first-order valence-electron chi connectivity index (χ1n) is 8.16. The summed E-state index contributed by atoms with van der Waals surface area (Å²) >= 11 is 0. The Hall–Kier alpha value is -1.38. The highest BCUT2D eigenvalue weighted by Gasteiger charge is 2.30. The van der Waals surface area contributed by atoms with Gasteiger partial charge in [-0.1, -0.05) is 41.5 Å². The molecule has 0 radical (unpaired) electrons. The molecule has 0 bridgehead atoms. The van der Waals surface area contributed by atoms with Crippen molar-refractivity contribution in [3.05, 3.63) is 30.1 Å². The summed E-state index contributed by atoms with van der Waals surface area (Å²) in [4.78, 5) is 27.8. The van der Waals surface area contributed by atoms with E-state index in [9.17, 15) is 9.59 Å². The highest BCUT2D eigenvalue weighted by Crippen LogP contribution is 2.31. The second kappa shape index (κ2) is 9.53. The fourth-order valence-electron chi connectivity index (χ4n) is 2.03. The van der Waals surface area contributed by atoms with Gasteiger partial charge in [-0.15, -0.1) is 10.2 Å². The molecule has 0 aliphatic rings. The number of ketones is 2. The summed E-state index contributed by atoms with van der Waals surface area (Å²) in [6, 6.07) is 3.89. The van der Waals surface area contributed by atoms with Gasteiger partial charge >= 0.3 is 0 Å². The van der Waals surface area contributed by atoms with Crippen molar-refractivity contribution in [2.45, 2.75) is 60.3 Å². The summed E-state index contributed by atoms with van der Waals surface area (Å²) in [6.45, 7) is 11.6. The van der Waals surface area contributed by atoms with Crippen molar-refractivity contribution in [3.63, 3.8) is 0 Å². The van der Waals surface area contributed by atoms with Crippen molar-refractivity contribution < 1.29 is 43.5 Å². The maximum atomic E-state index is 12.4. The number of aromatic nitrogens is 1. The third-order valence-electron chi connectivity index (χ3n) is 3.74. The largest absolute Gasteiger partial charge is 0.299 e. The van der Waals surface area contributed by atoms with Gasteiger partial charge in [0.25, 0.3) is 0 Å². The normalized spacial score (nSPS) is 12.4. The van der Waals surface area contributed by atoms with Crippen LogP contribution in [-0.2, 0) is 9.59 Å². The summed E-state index contributed by atoms with van der Waals surface area (Å²) in [5.41, 5.74) is 0.274. The number of rotatable bonds is 5. The van der Waals surface area contributed by atoms with Gasteiger partial charge in [0.05, 0.1) is 0 Å². The molecule has 1 heterocycles. The fraction of sp³-hybridized carbons (Fsp3) is 0.611. The Morgan fingerprint density at radius 2 is 1.35 bits per heavy atom. The number of H-pyrrole nitrogens is 1. The topological polar surface area (TPSA) is 141 Å². The fourth-order valence-corrected chi connectivity index (χ4v) is 2.03. The molecule has 8 heteroatoms. The van der Waals surface area contributed by atoms with E-state index >= 15 is 0 Å². The van der Waals surface area contributed by atoms with E-state index in [1.807, 2.05) is 66.1 Å². The van der Waals surface area contributed by atoms with Gasteiger partial charge in [-0.05, 0) is 6.07 Å². The number of hydrogen-bond acceptors (Lipinski definition) is 6. The second-order valence-electron chi connectivity index (χ2n) is 8.17. The molecule has 7 nitrogen and oxygen atoms in total. The second-order valence-corrected chi connectivity index (χ2v) is 8.92. The van der Waals surface area contributed by atoms with Crippen LogP contribution in [0.25, 0.3) is 0 Å². The zero-order chi connectivity index (χ0) is 20.8. The first kappa shape index (κ1) is 24.6.